The van der Waals surface area contributed by atoms with Crippen LogP contribution in [0.1, 0.15) is 75.7 Å². The zero-order valence-electron chi connectivity index (χ0n) is 19.1. The monoisotopic (exact) mass is 492 g/mol. The maximum Gasteiger partial charge on any atom is 0.308 e. The number of halogens is 1. The lowest BCUT2D eigenvalue weighted by molar-refractivity contribution is -0.156. The molecule has 0 radical (unpaired) electrons. The molecule has 1 heterocycles. The van der Waals surface area contributed by atoms with Crippen LogP contribution in [0.15, 0.2) is 42.5 Å². The van der Waals surface area contributed by atoms with Gasteiger partial charge in [-0.15, -0.1) is 0 Å². The molecule has 2 bridgehead atoms. The van der Waals surface area contributed by atoms with Crippen LogP contribution in [0.25, 0.3) is 0 Å². The van der Waals surface area contributed by atoms with Crippen molar-refractivity contribution in [1.29, 1.82) is 0 Å². The van der Waals surface area contributed by atoms with Gasteiger partial charge in [0.25, 0.3) is 0 Å². The summed E-state index contributed by atoms with van der Waals surface area (Å²) < 4.78 is 1.82. The maximum absolute atomic E-state index is 12.4. The number of aliphatic carboxylic acids is 2. The van der Waals surface area contributed by atoms with E-state index in [0.717, 1.165) is 46.5 Å². The predicted octanol–water partition coefficient (Wildman–Crippen LogP) is 4.73. The molecule has 0 saturated heterocycles. The van der Waals surface area contributed by atoms with Crippen molar-refractivity contribution in [2.75, 3.05) is 0 Å². The first-order valence-corrected chi connectivity index (χ1v) is 12.1. The fourth-order valence-electron chi connectivity index (χ4n) is 5.95. The van der Waals surface area contributed by atoms with Crippen LogP contribution in [0.4, 0.5) is 0 Å². The molecule has 4 atom stereocenters. The van der Waals surface area contributed by atoms with Crippen LogP contribution in [0.2, 0.25) is 5.15 Å². The number of rotatable bonds is 8. The Morgan fingerprint density at radius 3 is 2.17 bits per heavy atom. The molecule has 3 aromatic rings. The number of aromatic nitrogens is 2. The van der Waals surface area contributed by atoms with Gasteiger partial charge in [-0.3, -0.25) is 14.4 Å². The number of imidazole rings is 1. The molecule has 0 unspecified atom stereocenters. The van der Waals surface area contributed by atoms with E-state index in [2.05, 4.69) is 11.9 Å². The molecule has 6 rings (SSSR count). The Morgan fingerprint density at radius 2 is 1.60 bits per heavy atom. The number of nitrogens with zero attached hydrogens (tertiary/aromatic N) is 2. The fourth-order valence-corrected chi connectivity index (χ4v) is 6.19. The third-order valence-electron chi connectivity index (χ3n) is 7.41. The van der Waals surface area contributed by atoms with Gasteiger partial charge < -0.3 is 14.8 Å². The second kappa shape index (κ2) is 8.96. The molecular weight excluding hydrogens is 468 g/mol. The van der Waals surface area contributed by atoms with E-state index in [9.17, 15) is 24.6 Å². The van der Waals surface area contributed by atoms with Gasteiger partial charge in [0.1, 0.15) is 11.5 Å². The second-order valence-corrected chi connectivity index (χ2v) is 9.65. The maximum atomic E-state index is 12.4. The van der Waals surface area contributed by atoms with Gasteiger partial charge in [0.15, 0.2) is 11.4 Å². The third-order valence-corrected chi connectivity index (χ3v) is 7.69. The third kappa shape index (κ3) is 3.65. The molecule has 7 nitrogen and oxygen atoms in total. The van der Waals surface area contributed by atoms with Gasteiger partial charge in [0.2, 0.25) is 0 Å². The number of fused-ring (bicyclic) bond motifs is 1. The van der Waals surface area contributed by atoms with Crippen molar-refractivity contribution in [1.82, 2.24) is 9.55 Å². The number of carboxylic acids is 2. The molecule has 180 valence electrons. The highest BCUT2D eigenvalue weighted by atomic mass is 35.5. The van der Waals surface area contributed by atoms with Crippen LogP contribution in [0.3, 0.4) is 0 Å². The Kier molecular flexibility index (Phi) is 5.97. The number of unbranched alkanes of at least 4 members (excludes halogenated alkanes) is 1. The summed E-state index contributed by atoms with van der Waals surface area (Å²) >= 11 is 6.23. The van der Waals surface area contributed by atoms with Gasteiger partial charge in [-0.2, -0.15) is 0 Å². The van der Waals surface area contributed by atoms with E-state index in [1.807, 2.05) is 47.0 Å². The zero-order chi connectivity index (χ0) is 24.9. The van der Waals surface area contributed by atoms with Gasteiger partial charge in [-0.25, -0.2) is 4.98 Å². The van der Waals surface area contributed by atoms with Crippen LogP contribution in [-0.4, -0.2) is 38.0 Å². The molecule has 3 aliphatic carbocycles. The van der Waals surface area contributed by atoms with Crippen molar-refractivity contribution in [3.05, 3.63) is 87.0 Å². The Bertz CT molecular complexity index is 1350. The number of carbonyl (C=O) groups is 3. The Labute approximate surface area is 207 Å². The lowest BCUT2D eigenvalue weighted by Crippen LogP contribution is -2.47. The smallest absolute Gasteiger partial charge is 0.308 e. The Morgan fingerprint density at radius 1 is 1.00 bits per heavy atom. The van der Waals surface area contributed by atoms with E-state index < -0.39 is 35.6 Å². The van der Waals surface area contributed by atoms with Crippen LogP contribution in [0, 0.1) is 11.8 Å². The first kappa shape index (κ1) is 23.3. The van der Waals surface area contributed by atoms with Crippen LogP contribution in [-0.2, 0) is 22.6 Å². The molecule has 8 heteroatoms. The molecular formula is C27H25ClN2O5. The SMILES string of the molecule is CCCCc1nc(Cl)c(C=O)n1Cc1ccc2c(c1)[C@H]1c3ccccc3[C@H]2[C@H](C(=O)O)[C@H]1C(=O)O. The van der Waals surface area contributed by atoms with Crippen LogP contribution in [0.5, 0.6) is 0 Å². The van der Waals surface area contributed by atoms with Crippen molar-refractivity contribution in [2.45, 2.75) is 44.6 Å². The van der Waals surface area contributed by atoms with Gasteiger partial charge >= 0.3 is 11.9 Å². The highest BCUT2D eigenvalue weighted by molar-refractivity contribution is 6.31. The lowest BCUT2D eigenvalue weighted by Gasteiger charge is -2.47. The first-order chi connectivity index (χ1) is 16.9. The number of aldehydes is 1. The largest absolute Gasteiger partial charge is 0.481 e. The molecule has 0 saturated carbocycles. The molecule has 2 aromatic carbocycles. The summed E-state index contributed by atoms with van der Waals surface area (Å²) in [6.07, 6.45) is 3.28. The number of carbonyl (C=O) groups excluding carboxylic acids is 1. The number of carboxylic acid groups (broad SMARTS) is 2. The minimum atomic E-state index is -1.11. The standard InChI is InChI=1S/C27H25ClN2O5/c1-2-3-8-20-29-25(28)19(13-31)30(20)12-14-9-10-17-18(11-14)22-16-7-5-4-6-15(16)21(17)23(26(32)33)24(22)27(34)35/h4-7,9-11,13,21-24H,2-3,8,12H2,1H3,(H,32,33)(H,34,35)/t21-,22-,23+,24+/m1/s1. The molecule has 35 heavy (non-hydrogen) atoms. The summed E-state index contributed by atoms with van der Waals surface area (Å²) in [5, 5.41) is 20.3. The molecule has 0 amide bonds. The van der Waals surface area contributed by atoms with E-state index in [1.165, 1.54) is 0 Å². The van der Waals surface area contributed by atoms with Crippen molar-refractivity contribution < 1.29 is 24.6 Å². The number of aryl methyl sites for hydroxylation is 1. The van der Waals surface area contributed by atoms with Gasteiger partial charge in [0.05, 0.1) is 11.8 Å². The van der Waals surface area contributed by atoms with Crippen molar-refractivity contribution in [3.8, 4) is 0 Å². The number of hydrogen-bond donors (Lipinski definition) is 2. The van der Waals surface area contributed by atoms with E-state index in [4.69, 9.17) is 11.6 Å². The van der Waals surface area contributed by atoms with E-state index in [0.29, 0.717) is 24.9 Å². The summed E-state index contributed by atoms with van der Waals surface area (Å²) in [6.45, 7) is 2.44. The second-order valence-electron chi connectivity index (χ2n) is 9.29. The molecule has 0 spiro atoms. The molecule has 2 N–H and O–H groups in total. The van der Waals surface area contributed by atoms with Gasteiger partial charge in [-0.1, -0.05) is 67.4 Å². The minimum Gasteiger partial charge on any atom is -0.481 e. The van der Waals surface area contributed by atoms with Gasteiger partial charge in [0, 0.05) is 24.8 Å². The Hall–Kier alpha value is -3.45. The van der Waals surface area contributed by atoms with Crippen molar-refractivity contribution in [2.24, 2.45) is 11.8 Å². The fraction of sp³-hybridized carbons (Fsp3) is 0.333. The average Bonchev–Trinajstić information content (AvgIpc) is 3.15. The van der Waals surface area contributed by atoms with Crippen LogP contribution >= 0.6 is 11.6 Å². The number of hydrogen-bond acceptors (Lipinski definition) is 4. The predicted molar refractivity (Wildman–Crippen MR) is 129 cm³/mol. The highest BCUT2D eigenvalue weighted by Crippen LogP contribution is 2.58. The van der Waals surface area contributed by atoms with Crippen molar-refractivity contribution in [3.63, 3.8) is 0 Å². The summed E-state index contributed by atoms with van der Waals surface area (Å²) in [4.78, 5) is 40.8. The quantitative estimate of drug-likeness (QED) is 0.440. The van der Waals surface area contributed by atoms with Crippen molar-refractivity contribution >= 4 is 29.8 Å². The summed E-state index contributed by atoms with van der Waals surface area (Å²) in [5.74, 6) is -4.68. The first-order valence-electron chi connectivity index (χ1n) is 11.7. The molecule has 1 aromatic heterocycles. The summed E-state index contributed by atoms with van der Waals surface area (Å²) in [7, 11) is 0. The highest BCUT2D eigenvalue weighted by Gasteiger charge is 2.55. The van der Waals surface area contributed by atoms with E-state index in [-0.39, 0.29) is 5.15 Å². The normalized spacial score (nSPS) is 21.9. The molecule has 0 fully saturated rings. The van der Waals surface area contributed by atoms with E-state index >= 15 is 0 Å². The van der Waals surface area contributed by atoms with Crippen LogP contribution < -0.4 is 0 Å². The Balaban J connectivity index is 1.62. The number of benzene rings is 2. The average molecular weight is 493 g/mol. The lowest BCUT2D eigenvalue weighted by atomic mass is 9.54. The topological polar surface area (TPSA) is 109 Å². The molecule has 3 aliphatic rings. The minimum absolute atomic E-state index is 0.173. The summed E-state index contributed by atoms with van der Waals surface area (Å²) in [5.41, 5.74) is 4.64. The summed E-state index contributed by atoms with van der Waals surface area (Å²) in [6, 6.07) is 13.3. The molecule has 0 aliphatic heterocycles. The van der Waals surface area contributed by atoms with Gasteiger partial charge in [-0.05, 0) is 34.2 Å². The van der Waals surface area contributed by atoms with E-state index in [1.54, 1.807) is 0 Å². The zero-order valence-corrected chi connectivity index (χ0v) is 19.9.